The Hall–Kier alpha value is -1.10. The van der Waals surface area contributed by atoms with E-state index in [4.69, 9.17) is 0 Å². The molecule has 0 bridgehead atoms. The third kappa shape index (κ3) is 2.80. The number of hydrogen-bond donors (Lipinski definition) is 0. The van der Waals surface area contributed by atoms with Gasteiger partial charge < -0.3 is 4.90 Å². The molecule has 4 nitrogen and oxygen atoms in total. The van der Waals surface area contributed by atoms with E-state index in [2.05, 4.69) is 57.9 Å². The normalized spacial score (nSPS) is 22.9. The number of aromatic nitrogens is 3. The Morgan fingerprint density at radius 2 is 2.10 bits per heavy atom. The number of anilines is 1. The van der Waals surface area contributed by atoms with Crippen molar-refractivity contribution in [3.05, 3.63) is 24.2 Å². The monoisotopic (exact) mass is 350 g/mol. The molecule has 2 atom stereocenters. The van der Waals surface area contributed by atoms with Crippen LogP contribution in [0.4, 0.5) is 5.82 Å². The van der Waals surface area contributed by atoms with E-state index in [0.717, 1.165) is 17.0 Å². The van der Waals surface area contributed by atoms with Crippen LogP contribution in [0.2, 0.25) is 0 Å². The third-order valence-corrected chi connectivity index (χ3v) is 5.53. The minimum atomic E-state index is 0.432. The minimum Gasteiger partial charge on any atom is -0.354 e. The Morgan fingerprint density at radius 1 is 1.33 bits per heavy atom. The lowest BCUT2D eigenvalue weighted by Crippen LogP contribution is -2.41. The van der Waals surface area contributed by atoms with Crippen LogP contribution in [0.25, 0.3) is 5.52 Å². The summed E-state index contributed by atoms with van der Waals surface area (Å²) in [5, 5.41) is 4.66. The van der Waals surface area contributed by atoms with E-state index in [1.54, 1.807) is 0 Å². The van der Waals surface area contributed by atoms with Gasteiger partial charge in [-0.1, -0.05) is 42.6 Å². The Morgan fingerprint density at radius 3 is 2.81 bits per heavy atom. The van der Waals surface area contributed by atoms with Gasteiger partial charge in [-0.2, -0.15) is 5.10 Å². The molecule has 0 amide bonds. The fraction of sp³-hybridized carbons (Fsp3) is 0.625. The number of hydrogen-bond acceptors (Lipinski definition) is 3. The van der Waals surface area contributed by atoms with Crippen molar-refractivity contribution < 1.29 is 0 Å². The first-order valence-electron chi connectivity index (χ1n) is 7.79. The van der Waals surface area contributed by atoms with E-state index in [0.29, 0.717) is 16.8 Å². The quantitative estimate of drug-likeness (QED) is 0.784. The summed E-state index contributed by atoms with van der Waals surface area (Å²) in [4.78, 5) is 7.51. The molecular formula is C16H23BrN4. The van der Waals surface area contributed by atoms with Crippen molar-refractivity contribution in [1.29, 1.82) is 0 Å². The maximum atomic E-state index is 4.66. The van der Waals surface area contributed by atoms with Gasteiger partial charge in [0.2, 0.25) is 0 Å². The fourth-order valence-corrected chi connectivity index (χ4v) is 4.08. The topological polar surface area (TPSA) is 33.4 Å². The Kier molecular flexibility index (Phi) is 4.20. The molecule has 0 N–H and O–H groups in total. The molecule has 114 valence electrons. The van der Waals surface area contributed by atoms with Crippen LogP contribution in [0, 0.1) is 0 Å². The minimum absolute atomic E-state index is 0.432. The first-order chi connectivity index (χ1) is 10.1. The van der Waals surface area contributed by atoms with Gasteiger partial charge in [0.05, 0.1) is 5.69 Å². The highest BCUT2D eigenvalue weighted by atomic mass is 79.9. The van der Waals surface area contributed by atoms with E-state index < -0.39 is 0 Å². The predicted molar refractivity (Wildman–Crippen MR) is 90.5 cm³/mol. The Bertz CT molecular complexity index is 622. The van der Waals surface area contributed by atoms with E-state index in [9.17, 15) is 0 Å². The summed E-state index contributed by atoms with van der Waals surface area (Å²) >= 11 is 3.85. The molecule has 2 heterocycles. The average molecular weight is 351 g/mol. The molecule has 1 saturated carbocycles. The first-order valence-corrected chi connectivity index (χ1v) is 8.70. The number of fused-ring (bicyclic) bond motifs is 1. The second-order valence-electron chi connectivity index (χ2n) is 6.28. The molecule has 2 aromatic heterocycles. The maximum absolute atomic E-state index is 4.66. The Labute approximate surface area is 134 Å². The number of alkyl halides is 1. The van der Waals surface area contributed by atoms with Crippen LogP contribution in [-0.2, 0) is 0 Å². The summed E-state index contributed by atoms with van der Waals surface area (Å²) in [6.45, 7) is 4.35. The van der Waals surface area contributed by atoms with Crippen molar-refractivity contribution in [2.45, 2.75) is 56.3 Å². The number of rotatable bonds is 3. The molecule has 0 saturated heterocycles. The van der Waals surface area contributed by atoms with Crippen LogP contribution in [0.5, 0.6) is 0 Å². The summed E-state index contributed by atoms with van der Waals surface area (Å²) in [5.74, 6) is 1.47. The molecule has 1 fully saturated rings. The summed E-state index contributed by atoms with van der Waals surface area (Å²) in [6.07, 6.45) is 8.88. The second-order valence-corrected chi connectivity index (χ2v) is 7.46. The molecular weight excluding hydrogens is 328 g/mol. The SMILES string of the molecule is CC(C)c1cc2c(N(C)C3CCCCC3Br)nccn2n1. The molecule has 0 aliphatic heterocycles. The molecule has 1 aliphatic rings. The molecule has 0 spiro atoms. The molecule has 0 aromatic carbocycles. The lowest BCUT2D eigenvalue weighted by molar-refractivity contribution is 0.442. The van der Waals surface area contributed by atoms with Crippen molar-refractivity contribution in [2.75, 3.05) is 11.9 Å². The number of halogens is 1. The van der Waals surface area contributed by atoms with Crippen LogP contribution in [-0.4, -0.2) is 32.5 Å². The fourth-order valence-electron chi connectivity index (χ4n) is 3.14. The van der Waals surface area contributed by atoms with Gasteiger partial charge in [0, 0.05) is 30.3 Å². The summed E-state index contributed by atoms with van der Waals surface area (Å²) in [5.41, 5.74) is 2.23. The van der Waals surface area contributed by atoms with Crippen molar-refractivity contribution >= 4 is 27.3 Å². The molecule has 5 heteroatoms. The molecule has 2 unspecified atom stereocenters. The average Bonchev–Trinajstić information content (AvgIpc) is 2.91. The predicted octanol–water partition coefficient (Wildman–Crippen LogP) is 4.00. The van der Waals surface area contributed by atoms with Crippen molar-refractivity contribution in [3.8, 4) is 0 Å². The van der Waals surface area contributed by atoms with Gasteiger partial charge in [0.15, 0.2) is 5.82 Å². The van der Waals surface area contributed by atoms with E-state index in [1.165, 1.54) is 25.7 Å². The zero-order valence-electron chi connectivity index (χ0n) is 13.0. The molecule has 3 rings (SSSR count). The molecule has 2 aromatic rings. The largest absolute Gasteiger partial charge is 0.354 e. The first kappa shape index (κ1) is 14.8. The van der Waals surface area contributed by atoms with Gasteiger partial charge in [-0.05, 0) is 24.8 Å². The van der Waals surface area contributed by atoms with Crippen LogP contribution in [0.3, 0.4) is 0 Å². The highest BCUT2D eigenvalue weighted by Gasteiger charge is 2.28. The van der Waals surface area contributed by atoms with Crippen LogP contribution in [0.15, 0.2) is 18.5 Å². The van der Waals surface area contributed by atoms with Crippen molar-refractivity contribution in [1.82, 2.24) is 14.6 Å². The second kappa shape index (κ2) is 5.95. The van der Waals surface area contributed by atoms with E-state index >= 15 is 0 Å². The zero-order chi connectivity index (χ0) is 15.0. The van der Waals surface area contributed by atoms with Crippen molar-refractivity contribution in [2.24, 2.45) is 0 Å². The van der Waals surface area contributed by atoms with Crippen molar-refractivity contribution in [3.63, 3.8) is 0 Å². The zero-order valence-corrected chi connectivity index (χ0v) is 14.5. The van der Waals surface area contributed by atoms with Gasteiger partial charge in [-0.15, -0.1) is 0 Å². The van der Waals surface area contributed by atoms with E-state index in [1.807, 2.05) is 16.9 Å². The van der Waals surface area contributed by atoms with E-state index in [-0.39, 0.29) is 0 Å². The summed E-state index contributed by atoms with van der Waals surface area (Å²) in [7, 11) is 2.16. The molecule has 0 radical (unpaired) electrons. The lowest BCUT2D eigenvalue weighted by Gasteiger charge is -2.36. The molecule has 21 heavy (non-hydrogen) atoms. The number of nitrogens with zero attached hydrogens (tertiary/aromatic N) is 4. The maximum Gasteiger partial charge on any atom is 0.154 e. The van der Waals surface area contributed by atoms with Gasteiger partial charge in [0.1, 0.15) is 5.52 Å². The van der Waals surface area contributed by atoms with Gasteiger partial charge >= 0.3 is 0 Å². The van der Waals surface area contributed by atoms with Crippen LogP contribution < -0.4 is 4.90 Å². The van der Waals surface area contributed by atoms with Gasteiger partial charge in [0.25, 0.3) is 0 Å². The summed E-state index contributed by atoms with van der Waals surface area (Å²) < 4.78 is 1.96. The summed E-state index contributed by atoms with van der Waals surface area (Å²) in [6, 6.07) is 2.69. The highest BCUT2D eigenvalue weighted by Crippen LogP contribution is 2.32. The lowest BCUT2D eigenvalue weighted by atomic mass is 9.94. The standard InChI is InChI=1S/C16H23BrN4/c1-11(2)13-10-15-16(18-8-9-21(15)19-13)20(3)14-7-5-4-6-12(14)17/h8-12,14H,4-7H2,1-3H3. The third-order valence-electron chi connectivity index (χ3n) is 4.46. The van der Waals surface area contributed by atoms with Crippen LogP contribution in [0.1, 0.15) is 51.1 Å². The van der Waals surface area contributed by atoms with Crippen LogP contribution >= 0.6 is 15.9 Å². The van der Waals surface area contributed by atoms with Gasteiger partial charge in [-0.3, -0.25) is 0 Å². The van der Waals surface area contributed by atoms with Gasteiger partial charge in [-0.25, -0.2) is 9.50 Å². The highest BCUT2D eigenvalue weighted by molar-refractivity contribution is 9.09. The Balaban J connectivity index is 1.98. The smallest absolute Gasteiger partial charge is 0.154 e. The molecule has 1 aliphatic carbocycles.